The Hall–Kier alpha value is -2.31. The van der Waals surface area contributed by atoms with Gasteiger partial charge in [0.2, 0.25) is 0 Å². The molecule has 2 heterocycles. The Kier molecular flexibility index (Phi) is 4.93. The van der Waals surface area contributed by atoms with E-state index in [2.05, 4.69) is 11.7 Å². The number of nitrogens with zero attached hydrogens (tertiary/aromatic N) is 2. The zero-order valence-corrected chi connectivity index (χ0v) is 16.5. The van der Waals surface area contributed by atoms with Crippen LogP contribution in [0.5, 0.6) is 5.75 Å². The van der Waals surface area contributed by atoms with Gasteiger partial charge in [0.25, 0.3) is 6.02 Å². The largest absolute Gasteiger partial charge is 0.490 e. The number of ether oxygens (including phenoxy) is 2. The van der Waals surface area contributed by atoms with Gasteiger partial charge in [-0.3, -0.25) is 4.99 Å². The van der Waals surface area contributed by atoms with E-state index in [9.17, 15) is 5.11 Å². The van der Waals surface area contributed by atoms with Crippen molar-refractivity contribution < 1.29 is 14.6 Å². The van der Waals surface area contributed by atoms with Crippen molar-refractivity contribution >= 4 is 29.9 Å². The number of fused-ring (bicyclic) bond motifs is 4. The number of aliphatic imine (C=N–C) groups is 2. The second-order valence-electron chi connectivity index (χ2n) is 7.60. The van der Waals surface area contributed by atoms with Crippen LogP contribution in [-0.4, -0.2) is 36.7 Å². The van der Waals surface area contributed by atoms with E-state index in [1.54, 1.807) is 6.20 Å². The first-order valence-corrected chi connectivity index (χ1v) is 9.78. The number of halogens is 1. The summed E-state index contributed by atoms with van der Waals surface area (Å²) in [5, 5.41) is 10.9. The standard InChI is InChI=1S/C21H24ClN3O3/c1-12(22)7-14(10-24-2)13-3-5-18-16(8-13)21(11-27-20(23)25-21)17-9-15(26)4-6-19(17)28-18/h3,5,7-8,10,15,17,19,26H,2,4,6,9,11H2,1H3,(H2,23,25). The van der Waals surface area contributed by atoms with Crippen LogP contribution in [0.3, 0.4) is 0 Å². The summed E-state index contributed by atoms with van der Waals surface area (Å²) < 4.78 is 11.9. The van der Waals surface area contributed by atoms with E-state index in [0.717, 1.165) is 35.3 Å². The Morgan fingerprint density at radius 2 is 2.29 bits per heavy atom. The number of amidine groups is 1. The second kappa shape index (κ2) is 7.26. The lowest BCUT2D eigenvalue weighted by Gasteiger charge is -2.47. The summed E-state index contributed by atoms with van der Waals surface area (Å²) in [6.45, 7) is 5.71. The predicted octanol–water partition coefficient (Wildman–Crippen LogP) is 3.33. The molecular formula is C21H24ClN3O3. The van der Waals surface area contributed by atoms with Crippen LogP contribution in [0.15, 0.2) is 45.5 Å². The lowest BCUT2D eigenvalue weighted by atomic mass is 9.67. The highest BCUT2D eigenvalue weighted by Gasteiger charge is 2.55. The molecule has 28 heavy (non-hydrogen) atoms. The van der Waals surface area contributed by atoms with E-state index in [1.807, 2.05) is 31.2 Å². The highest BCUT2D eigenvalue weighted by Crippen LogP contribution is 2.52. The Morgan fingerprint density at radius 1 is 1.46 bits per heavy atom. The molecule has 7 heteroatoms. The Balaban J connectivity index is 1.86. The zero-order valence-electron chi connectivity index (χ0n) is 15.8. The maximum atomic E-state index is 10.3. The summed E-state index contributed by atoms with van der Waals surface area (Å²) in [5.74, 6) is 0.774. The van der Waals surface area contributed by atoms with Crippen molar-refractivity contribution in [3.63, 3.8) is 0 Å². The van der Waals surface area contributed by atoms with Gasteiger partial charge in [-0.15, -0.1) is 0 Å². The summed E-state index contributed by atoms with van der Waals surface area (Å²) in [5.41, 5.74) is 7.94. The number of aliphatic hydroxyl groups excluding tert-OH is 1. The van der Waals surface area contributed by atoms with Crippen molar-refractivity contribution in [3.8, 4) is 5.75 Å². The summed E-state index contributed by atoms with van der Waals surface area (Å²) in [6.07, 6.45) is 5.23. The molecule has 1 aromatic rings. The summed E-state index contributed by atoms with van der Waals surface area (Å²) >= 11 is 6.10. The third-order valence-corrected chi connectivity index (χ3v) is 5.87. The van der Waals surface area contributed by atoms with Crippen LogP contribution in [0, 0.1) is 5.92 Å². The number of hydrogen-bond acceptors (Lipinski definition) is 6. The highest BCUT2D eigenvalue weighted by molar-refractivity contribution is 6.29. The average Bonchev–Trinajstić information content (AvgIpc) is 3.04. The fourth-order valence-corrected chi connectivity index (χ4v) is 4.68. The molecule has 1 aliphatic carbocycles. The number of rotatable bonds is 3. The van der Waals surface area contributed by atoms with Gasteiger partial charge in [-0.25, -0.2) is 4.99 Å². The molecule has 0 bridgehead atoms. The number of aliphatic hydroxyl groups is 1. The molecule has 4 atom stereocenters. The average molecular weight is 402 g/mol. The number of nitrogens with two attached hydrogens (primary N) is 1. The normalized spacial score (nSPS) is 32.1. The first-order valence-electron chi connectivity index (χ1n) is 9.40. The van der Waals surface area contributed by atoms with Crippen molar-refractivity contribution in [2.24, 2.45) is 21.6 Å². The van der Waals surface area contributed by atoms with Crippen LogP contribution >= 0.6 is 11.6 Å². The first-order chi connectivity index (χ1) is 13.4. The topological polar surface area (TPSA) is 89.4 Å². The Bertz CT molecular complexity index is 891. The van der Waals surface area contributed by atoms with Gasteiger partial charge in [0, 0.05) is 28.3 Å². The van der Waals surface area contributed by atoms with Gasteiger partial charge in [0.1, 0.15) is 24.0 Å². The minimum Gasteiger partial charge on any atom is -0.490 e. The lowest BCUT2D eigenvalue weighted by molar-refractivity contribution is -0.0359. The van der Waals surface area contributed by atoms with Crippen molar-refractivity contribution in [3.05, 3.63) is 46.6 Å². The third kappa shape index (κ3) is 3.20. The van der Waals surface area contributed by atoms with E-state index < -0.39 is 5.54 Å². The lowest BCUT2D eigenvalue weighted by Crippen LogP contribution is -2.51. The third-order valence-electron chi connectivity index (χ3n) is 5.76. The van der Waals surface area contributed by atoms with Crippen LogP contribution in [-0.2, 0) is 10.3 Å². The molecule has 0 radical (unpaired) electrons. The molecule has 3 aliphatic rings. The van der Waals surface area contributed by atoms with Gasteiger partial charge < -0.3 is 20.3 Å². The summed E-state index contributed by atoms with van der Waals surface area (Å²) in [4.78, 5) is 8.63. The van der Waals surface area contributed by atoms with Gasteiger partial charge in [0.15, 0.2) is 0 Å². The fourth-order valence-electron chi connectivity index (χ4n) is 4.56. The molecule has 1 fully saturated rings. The van der Waals surface area contributed by atoms with Crippen molar-refractivity contribution in [2.75, 3.05) is 6.61 Å². The van der Waals surface area contributed by atoms with Crippen LogP contribution in [0.25, 0.3) is 5.57 Å². The molecule has 1 spiro atoms. The first kappa shape index (κ1) is 19.0. The minimum atomic E-state index is -0.661. The van der Waals surface area contributed by atoms with E-state index in [4.69, 9.17) is 31.8 Å². The molecule has 4 rings (SSSR count). The zero-order chi connectivity index (χ0) is 19.9. The number of hydrogen-bond donors (Lipinski definition) is 2. The van der Waals surface area contributed by atoms with Crippen LogP contribution < -0.4 is 10.5 Å². The van der Waals surface area contributed by atoms with Gasteiger partial charge in [-0.05, 0) is 56.7 Å². The van der Waals surface area contributed by atoms with E-state index in [-0.39, 0.29) is 24.1 Å². The van der Waals surface area contributed by atoms with Gasteiger partial charge >= 0.3 is 0 Å². The molecule has 6 nitrogen and oxygen atoms in total. The fraction of sp³-hybridized carbons (Fsp3) is 0.429. The van der Waals surface area contributed by atoms with E-state index in [0.29, 0.717) is 18.1 Å². The smallest absolute Gasteiger partial charge is 0.283 e. The van der Waals surface area contributed by atoms with E-state index in [1.165, 1.54) is 0 Å². The van der Waals surface area contributed by atoms with Crippen molar-refractivity contribution in [1.29, 1.82) is 0 Å². The molecule has 3 N–H and O–H groups in total. The van der Waals surface area contributed by atoms with Crippen LogP contribution in [0.1, 0.15) is 37.3 Å². The van der Waals surface area contributed by atoms with Crippen LogP contribution in [0.2, 0.25) is 0 Å². The van der Waals surface area contributed by atoms with Crippen molar-refractivity contribution in [2.45, 2.75) is 43.9 Å². The quantitative estimate of drug-likeness (QED) is 0.600. The molecular weight excluding hydrogens is 378 g/mol. The SMILES string of the molecule is C=NC=C(C=C(C)Cl)c1ccc2c(c1)C1(COC(N)=N1)C1CC(O)CCC1O2. The second-order valence-corrected chi connectivity index (χ2v) is 8.20. The number of allylic oxidation sites excluding steroid dienone is 3. The van der Waals surface area contributed by atoms with Crippen molar-refractivity contribution in [1.82, 2.24) is 0 Å². The van der Waals surface area contributed by atoms with Gasteiger partial charge in [-0.1, -0.05) is 17.7 Å². The molecule has 2 aliphatic heterocycles. The van der Waals surface area contributed by atoms with E-state index >= 15 is 0 Å². The number of benzene rings is 1. The highest BCUT2D eigenvalue weighted by atomic mass is 35.5. The monoisotopic (exact) mass is 401 g/mol. The maximum Gasteiger partial charge on any atom is 0.283 e. The molecule has 0 saturated heterocycles. The summed E-state index contributed by atoms with van der Waals surface area (Å²) in [6, 6.07) is 6.13. The molecule has 4 unspecified atom stereocenters. The minimum absolute atomic E-state index is 0.00434. The Labute approximate surface area is 169 Å². The predicted molar refractivity (Wildman–Crippen MR) is 111 cm³/mol. The molecule has 0 amide bonds. The molecule has 0 aromatic heterocycles. The summed E-state index contributed by atoms with van der Waals surface area (Å²) in [7, 11) is 0. The van der Waals surface area contributed by atoms with Crippen LogP contribution in [0.4, 0.5) is 0 Å². The Morgan fingerprint density at radius 3 is 2.96 bits per heavy atom. The molecule has 1 saturated carbocycles. The van der Waals surface area contributed by atoms with Gasteiger partial charge in [0.05, 0.1) is 6.10 Å². The maximum absolute atomic E-state index is 10.3. The van der Waals surface area contributed by atoms with Gasteiger partial charge in [-0.2, -0.15) is 0 Å². The molecule has 1 aromatic carbocycles. The molecule has 148 valence electrons.